The molecule has 1 aromatic heterocycles. The van der Waals surface area contributed by atoms with Gasteiger partial charge in [-0.3, -0.25) is 19.7 Å². The molecule has 2 amide bonds. The molecule has 3 aromatic rings. The number of nitrogens with zero attached hydrogens (tertiary/aromatic N) is 3. The number of rotatable bonds is 10. The topological polar surface area (TPSA) is 83.8 Å². The molecule has 0 unspecified atom stereocenters. The van der Waals surface area contributed by atoms with Gasteiger partial charge in [0, 0.05) is 29.6 Å². The van der Waals surface area contributed by atoms with Gasteiger partial charge in [0.15, 0.2) is 0 Å². The molecule has 0 aliphatic rings. The summed E-state index contributed by atoms with van der Waals surface area (Å²) in [7, 11) is 0. The van der Waals surface area contributed by atoms with E-state index in [2.05, 4.69) is 0 Å². The van der Waals surface area contributed by atoms with Crippen LogP contribution in [0, 0.1) is 16.0 Å². The van der Waals surface area contributed by atoms with Crippen molar-refractivity contribution in [1.82, 2.24) is 9.80 Å². The molecule has 2 aromatic carbocycles. The molecule has 0 fully saturated rings. The van der Waals surface area contributed by atoms with Crippen LogP contribution in [0.15, 0.2) is 66.0 Å². The minimum atomic E-state index is -0.625. The minimum Gasteiger partial charge on any atom is -0.332 e. The first-order valence-corrected chi connectivity index (χ1v) is 12.1. The average Bonchev–Trinajstić information content (AvgIpc) is 3.31. The number of nitro benzene ring substituents is 1. The van der Waals surface area contributed by atoms with E-state index in [4.69, 9.17) is 11.6 Å². The largest absolute Gasteiger partial charge is 0.332 e. The van der Waals surface area contributed by atoms with Crippen molar-refractivity contribution in [2.24, 2.45) is 5.92 Å². The van der Waals surface area contributed by atoms with Gasteiger partial charge in [0.25, 0.3) is 11.6 Å². The molecule has 34 heavy (non-hydrogen) atoms. The summed E-state index contributed by atoms with van der Waals surface area (Å²) in [6.45, 7) is 4.94. The van der Waals surface area contributed by atoms with E-state index in [9.17, 15) is 19.7 Å². The normalized spacial score (nSPS) is 10.8. The number of benzene rings is 2. The summed E-state index contributed by atoms with van der Waals surface area (Å²) in [5.74, 6) is -0.550. The average molecular weight is 500 g/mol. The maximum absolute atomic E-state index is 13.4. The van der Waals surface area contributed by atoms with Crippen LogP contribution in [-0.2, 0) is 17.9 Å². The number of hydrogen-bond donors (Lipinski definition) is 0. The third kappa shape index (κ3) is 6.88. The Bertz CT molecular complexity index is 1140. The van der Waals surface area contributed by atoms with Crippen LogP contribution in [0.4, 0.5) is 5.69 Å². The van der Waals surface area contributed by atoms with Crippen molar-refractivity contribution >= 4 is 40.4 Å². The van der Waals surface area contributed by atoms with Crippen LogP contribution in [-0.4, -0.2) is 39.6 Å². The smallest absolute Gasteiger partial charge is 0.288 e. The number of thiophene rings is 1. The molecule has 0 N–H and O–H groups in total. The van der Waals surface area contributed by atoms with E-state index in [0.29, 0.717) is 19.6 Å². The summed E-state index contributed by atoms with van der Waals surface area (Å²) in [5, 5.41) is 13.2. The molecule has 3 rings (SSSR count). The second-order valence-corrected chi connectivity index (χ2v) is 9.76. The van der Waals surface area contributed by atoms with Crippen LogP contribution in [0.2, 0.25) is 5.02 Å². The molecule has 0 aliphatic heterocycles. The molecule has 178 valence electrons. The van der Waals surface area contributed by atoms with Gasteiger partial charge < -0.3 is 9.80 Å². The van der Waals surface area contributed by atoms with Gasteiger partial charge >= 0.3 is 0 Å². The lowest BCUT2D eigenvalue weighted by Crippen LogP contribution is -2.43. The van der Waals surface area contributed by atoms with Gasteiger partial charge in [0.2, 0.25) is 5.91 Å². The van der Waals surface area contributed by atoms with Crippen molar-refractivity contribution < 1.29 is 14.5 Å². The summed E-state index contributed by atoms with van der Waals surface area (Å²) in [4.78, 5) is 41.6. The van der Waals surface area contributed by atoms with E-state index < -0.39 is 10.8 Å². The van der Waals surface area contributed by atoms with Gasteiger partial charge in [-0.25, -0.2) is 0 Å². The molecular weight excluding hydrogens is 474 g/mol. The Morgan fingerprint density at radius 1 is 1.03 bits per heavy atom. The van der Waals surface area contributed by atoms with Crippen LogP contribution >= 0.6 is 22.9 Å². The molecule has 0 saturated carbocycles. The van der Waals surface area contributed by atoms with Gasteiger partial charge in [-0.2, -0.15) is 0 Å². The van der Waals surface area contributed by atoms with Crippen LogP contribution in [0.3, 0.4) is 0 Å². The Labute approximate surface area is 207 Å². The van der Waals surface area contributed by atoms with Gasteiger partial charge in [0.05, 0.1) is 11.5 Å². The van der Waals surface area contributed by atoms with Crippen molar-refractivity contribution in [3.8, 4) is 0 Å². The third-order valence-electron chi connectivity index (χ3n) is 5.08. The number of carbonyl (C=O) groups is 2. The summed E-state index contributed by atoms with van der Waals surface area (Å²) >= 11 is 7.47. The highest BCUT2D eigenvalue weighted by Gasteiger charge is 2.25. The van der Waals surface area contributed by atoms with E-state index >= 15 is 0 Å². The summed E-state index contributed by atoms with van der Waals surface area (Å²) in [6.07, 6.45) is 0. The molecule has 9 heteroatoms. The predicted octanol–water partition coefficient (Wildman–Crippen LogP) is 5.64. The lowest BCUT2D eigenvalue weighted by Gasteiger charge is -2.29. The highest BCUT2D eigenvalue weighted by molar-refractivity contribution is 7.09. The van der Waals surface area contributed by atoms with Crippen molar-refractivity contribution in [3.63, 3.8) is 0 Å². The maximum Gasteiger partial charge on any atom is 0.288 e. The van der Waals surface area contributed by atoms with Crippen molar-refractivity contribution in [2.75, 3.05) is 13.1 Å². The fourth-order valence-corrected chi connectivity index (χ4v) is 4.42. The second kappa shape index (κ2) is 11.8. The first-order valence-electron chi connectivity index (χ1n) is 10.8. The monoisotopic (exact) mass is 499 g/mol. The zero-order chi connectivity index (χ0) is 24.7. The first kappa shape index (κ1) is 25.4. The van der Waals surface area contributed by atoms with Crippen LogP contribution < -0.4 is 0 Å². The second-order valence-electron chi connectivity index (χ2n) is 8.32. The molecule has 0 spiro atoms. The van der Waals surface area contributed by atoms with E-state index in [1.165, 1.54) is 17.0 Å². The quantitative estimate of drug-likeness (QED) is 0.267. The lowest BCUT2D eigenvalue weighted by atomic mass is 10.1. The van der Waals surface area contributed by atoms with Gasteiger partial charge in [-0.15, -0.1) is 11.3 Å². The summed E-state index contributed by atoms with van der Waals surface area (Å²) < 4.78 is 0. The number of amides is 2. The van der Waals surface area contributed by atoms with Crippen molar-refractivity contribution in [1.29, 1.82) is 0 Å². The third-order valence-corrected chi connectivity index (χ3v) is 6.27. The number of hydrogen-bond acceptors (Lipinski definition) is 5. The Kier molecular flexibility index (Phi) is 8.79. The lowest BCUT2D eigenvalue weighted by molar-refractivity contribution is -0.384. The minimum absolute atomic E-state index is 0.0435. The number of carbonyl (C=O) groups excluding carboxylic acids is 2. The van der Waals surface area contributed by atoms with E-state index in [0.717, 1.165) is 16.5 Å². The first-order chi connectivity index (χ1) is 16.2. The molecule has 0 saturated heterocycles. The van der Waals surface area contributed by atoms with Crippen LogP contribution in [0.1, 0.15) is 34.6 Å². The van der Waals surface area contributed by atoms with Crippen molar-refractivity contribution in [3.05, 3.63) is 97.2 Å². The SMILES string of the molecule is CC(C)CN(CC(=O)N(Cc1ccccc1)Cc1cccs1)C(=O)c1ccc(Cl)c([N+](=O)[O-])c1. The van der Waals surface area contributed by atoms with Crippen molar-refractivity contribution in [2.45, 2.75) is 26.9 Å². The van der Waals surface area contributed by atoms with Gasteiger partial charge in [0.1, 0.15) is 11.6 Å². The fourth-order valence-electron chi connectivity index (χ4n) is 3.52. The molecule has 0 atom stereocenters. The highest BCUT2D eigenvalue weighted by Crippen LogP contribution is 2.26. The predicted molar refractivity (Wildman–Crippen MR) is 134 cm³/mol. The summed E-state index contributed by atoms with van der Waals surface area (Å²) in [6, 6.07) is 17.5. The summed E-state index contributed by atoms with van der Waals surface area (Å²) in [5.41, 5.74) is 0.770. The Hall–Kier alpha value is -3.23. The fraction of sp³-hybridized carbons (Fsp3) is 0.280. The molecule has 1 heterocycles. The Balaban J connectivity index is 1.84. The zero-order valence-corrected chi connectivity index (χ0v) is 20.6. The molecule has 0 radical (unpaired) electrons. The Morgan fingerprint density at radius 2 is 1.76 bits per heavy atom. The highest BCUT2D eigenvalue weighted by atomic mass is 35.5. The van der Waals surface area contributed by atoms with Gasteiger partial charge in [-0.05, 0) is 35.1 Å². The van der Waals surface area contributed by atoms with Crippen LogP contribution in [0.25, 0.3) is 0 Å². The maximum atomic E-state index is 13.4. The standard InChI is InChI=1S/C25H26ClN3O4S/c1-18(2)14-28(25(31)20-10-11-22(26)23(13-20)29(32)33)17-24(30)27(16-21-9-6-12-34-21)15-19-7-4-3-5-8-19/h3-13,18H,14-17H2,1-2H3. The van der Waals surface area contributed by atoms with E-state index in [1.807, 2.05) is 61.7 Å². The molecule has 0 bridgehead atoms. The molecular formula is C25H26ClN3O4S. The molecule has 7 nitrogen and oxygen atoms in total. The van der Waals surface area contributed by atoms with E-state index in [-0.39, 0.29) is 34.6 Å². The van der Waals surface area contributed by atoms with Crippen LogP contribution in [0.5, 0.6) is 0 Å². The Morgan fingerprint density at radius 3 is 2.38 bits per heavy atom. The van der Waals surface area contributed by atoms with Gasteiger partial charge in [-0.1, -0.05) is 61.8 Å². The zero-order valence-electron chi connectivity index (χ0n) is 19.0. The number of halogens is 1. The van der Waals surface area contributed by atoms with E-state index in [1.54, 1.807) is 16.2 Å². The molecule has 0 aliphatic carbocycles. The number of nitro groups is 1.